The number of carbonyl (C=O) groups excluding carboxylic acids is 1. The summed E-state index contributed by atoms with van der Waals surface area (Å²) in [6.07, 6.45) is 5.45. The summed E-state index contributed by atoms with van der Waals surface area (Å²) in [5.41, 5.74) is 4.50. The van der Waals surface area contributed by atoms with Crippen LogP contribution in [0.5, 0.6) is 0 Å². The molecule has 0 aliphatic carbocycles. The molecule has 0 radical (unpaired) electrons. The molecule has 0 aromatic carbocycles. The zero-order valence-corrected chi connectivity index (χ0v) is 18.2. The van der Waals surface area contributed by atoms with Crippen molar-refractivity contribution in [3.8, 4) is 11.3 Å². The van der Waals surface area contributed by atoms with Gasteiger partial charge in [0, 0.05) is 30.8 Å². The lowest BCUT2D eigenvalue weighted by Gasteiger charge is -2.33. The zero-order chi connectivity index (χ0) is 22.1. The van der Waals surface area contributed by atoms with E-state index in [9.17, 15) is 4.79 Å². The van der Waals surface area contributed by atoms with Gasteiger partial charge in [0.15, 0.2) is 11.4 Å². The van der Waals surface area contributed by atoms with Crippen LogP contribution >= 0.6 is 0 Å². The van der Waals surface area contributed by atoms with Gasteiger partial charge in [-0.2, -0.15) is 5.10 Å². The van der Waals surface area contributed by atoms with Crippen LogP contribution in [0, 0.1) is 13.8 Å². The van der Waals surface area contributed by atoms with Crippen LogP contribution in [0.3, 0.4) is 0 Å². The maximum Gasteiger partial charge on any atom is 0.234 e. The molecule has 0 bridgehead atoms. The van der Waals surface area contributed by atoms with Crippen molar-refractivity contribution in [2.45, 2.75) is 39.2 Å². The third-order valence-electron chi connectivity index (χ3n) is 5.84. The van der Waals surface area contributed by atoms with E-state index in [2.05, 4.69) is 20.4 Å². The van der Waals surface area contributed by atoms with Gasteiger partial charge < -0.3 is 14.3 Å². The Morgan fingerprint density at radius 2 is 2.19 bits per heavy atom. The van der Waals surface area contributed by atoms with Crippen LogP contribution < -0.4 is 5.32 Å². The number of likely N-dealkylation sites (tertiary alicyclic amines) is 1. The molecule has 1 fully saturated rings. The van der Waals surface area contributed by atoms with Crippen molar-refractivity contribution in [2.75, 3.05) is 19.6 Å². The van der Waals surface area contributed by atoms with Gasteiger partial charge in [-0.1, -0.05) is 5.16 Å². The summed E-state index contributed by atoms with van der Waals surface area (Å²) in [4.78, 5) is 19.3. The number of hydrogen-bond acceptors (Lipinski definition) is 7. The number of hydrogen-bond donors (Lipinski definition) is 1. The number of furan rings is 1. The fraction of sp³-hybridized carbons (Fsp3) is 0.391. The van der Waals surface area contributed by atoms with Gasteiger partial charge in [0.1, 0.15) is 5.76 Å². The second-order valence-corrected chi connectivity index (χ2v) is 8.38. The SMILES string of the molecule is Cc1cc(-c2cnc3cc(C)nn3c2C2CCCN(CC(=O)NCc3ccco3)C2)on1. The maximum absolute atomic E-state index is 12.5. The molecule has 4 aromatic heterocycles. The third-order valence-corrected chi connectivity index (χ3v) is 5.84. The van der Waals surface area contributed by atoms with E-state index in [1.54, 1.807) is 6.26 Å². The van der Waals surface area contributed by atoms with Gasteiger partial charge in [0.2, 0.25) is 5.91 Å². The van der Waals surface area contributed by atoms with E-state index in [4.69, 9.17) is 14.0 Å². The van der Waals surface area contributed by atoms with Crippen molar-refractivity contribution in [1.82, 2.24) is 30.0 Å². The molecule has 1 aliphatic heterocycles. The molecular weight excluding hydrogens is 408 g/mol. The summed E-state index contributed by atoms with van der Waals surface area (Å²) in [5, 5.41) is 11.7. The van der Waals surface area contributed by atoms with Crippen molar-refractivity contribution in [1.29, 1.82) is 0 Å². The number of amides is 1. The Labute approximate surface area is 185 Å². The predicted molar refractivity (Wildman–Crippen MR) is 117 cm³/mol. The minimum Gasteiger partial charge on any atom is -0.467 e. The Kier molecular flexibility index (Phi) is 5.48. The lowest BCUT2D eigenvalue weighted by Crippen LogP contribution is -2.42. The van der Waals surface area contributed by atoms with Crippen LogP contribution in [0.25, 0.3) is 17.0 Å². The number of rotatable bonds is 6. The minimum absolute atomic E-state index is 0.0112. The highest BCUT2D eigenvalue weighted by molar-refractivity contribution is 5.78. The Balaban J connectivity index is 1.38. The average molecular weight is 435 g/mol. The maximum atomic E-state index is 12.5. The lowest BCUT2D eigenvalue weighted by atomic mass is 9.91. The Hall–Kier alpha value is -3.46. The van der Waals surface area contributed by atoms with Gasteiger partial charge in [0.05, 0.1) is 42.0 Å². The molecule has 0 spiro atoms. The zero-order valence-electron chi connectivity index (χ0n) is 18.2. The first kappa shape index (κ1) is 20.4. The molecule has 0 saturated carbocycles. The first-order chi connectivity index (χ1) is 15.6. The summed E-state index contributed by atoms with van der Waals surface area (Å²) in [6.45, 7) is 6.25. The van der Waals surface area contributed by atoms with E-state index in [1.165, 1.54) is 0 Å². The van der Waals surface area contributed by atoms with Crippen molar-refractivity contribution >= 4 is 11.6 Å². The summed E-state index contributed by atoms with van der Waals surface area (Å²) in [5.74, 6) is 1.61. The predicted octanol–water partition coefficient (Wildman–Crippen LogP) is 3.09. The monoisotopic (exact) mass is 434 g/mol. The van der Waals surface area contributed by atoms with Gasteiger partial charge in [-0.3, -0.25) is 9.69 Å². The summed E-state index contributed by atoms with van der Waals surface area (Å²) >= 11 is 0. The fourth-order valence-electron chi connectivity index (χ4n) is 4.42. The molecule has 1 amide bonds. The Bertz CT molecular complexity index is 1230. The molecule has 5 heterocycles. The standard InChI is InChI=1S/C23H26N6O3/c1-15-10-21-24-12-19(20-9-16(2)27-32-20)23(29(21)26-15)17-5-3-7-28(13-17)14-22(30)25-11-18-6-4-8-31-18/h4,6,8-10,12,17H,3,5,7,11,13-14H2,1-2H3,(H,25,30). The molecule has 1 atom stereocenters. The number of piperidine rings is 1. The molecule has 1 unspecified atom stereocenters. The number of nitrogens with one attached hydrogen (secondary N) is 1. The smallest absolute Gasteiger partial charge is 0.234 e. The molecule has 1 N–H and O–H groups in total. The summed E-state index contributed by atoms with van der Waals surface area (Å²) in [7, 11) is 0. The number of carbonyl (C=O) groups is 1. The molecule has 166 valence electrons. The summed E-state index contributed by atoms with van der Waals surface area (Å²) in [6, 6.07) is 7.56. The molecule has 5 rings (SSSR count). The number of fused-ring (bicyclic) bond motifs is 1. The third kappa shape index (κ3) is 4.16. The van der Waals surface area contributed by atoms with Crippen LogP contribution in [0.15, 0.2) is 45.7 Å². The second kappa shape index (κ2) is 8.58. The van der Waals surface area contributed by atoms with Gasteiger partial charge >= 0.3 is 0 Å². The highest BCUT2D eigenvalue weighted by Gasteiger charge is 2.29. The van der Waals surface area contributed by atoms with Crippen molar-refractivity contribution in [3.63, 3.8) is 0 Å². The normalized spacial score (nSPS) is 17.1. The average Bonchev–Trinajstić information content (AvgIpc) is 3.52. The molecular formula is C23H26N6O3. The Morgan fingerprint density at radius 1 is 1.28 bits per heavy atom. The molecule has 4 aromatic rings. The fourth-order valence-corrected chi connectivity index (χ4v) is 4.42. The van der Waals surface area contributed by atoms with Crippen LogP contribution in [0.2, 0.25) is 0 Å². The van der Waals surface area contributed by atoms with Gasteiger partial charge in [-0.15, -0.1) is 0 Å². The van der Waals surface area contributed by atoms with E-state index in [0.29, 0.717) is 18.8 Å². The van der Waals surface area contributed by atoms with E-state index in [-0.39, 0.29) is 11.8 Å². The number of aromatic nitrogens is 4. The molecule has 1 saturated heterocycles. The van der Waals surface area contributed by atoms with Crippen LogP contribution in [-0.2, 0) is 11.3 Å². The minimum atomic E-state index is -0.0112. The summed E-state index contributed by atoms with van der Waals surface area (Å²) < 4.78 is 12.8. The first-order valence-electron chi connectivity index (χ1n) is 10.9. The molecule has 32 heavy (non-hydrogen) atoms. The van der Waals surface area contributed by atoms with Gasteiger partial charge in [-0.05, 0) is 45.4 Å². The lowest BCUT2D eigenvalue weighted by molar-refractivity contribution is -0.122. The van der Waals surface area contributed by atoms with Gasteiger partial charge in [0.25, 0.3) is 0 Å². The van der Waals surface area contributed by atoms with E-state index in [1.807, 2.05) is 48.8 Å². The molecule has 9 nitrogen and oxygen atoms in total. The topological polar surface area (TPSA) is 102 Å². The van der Waals surface area contributed by atoms with Crippen LogP contribution in [0.1, 0.15) is 41.6 Å². The van der Waals surface area contributed by atoms with Gasteiger partial charge in [-0.25, -0.2) is 9.50 Å². The van der Waals surface area contributed by atoms with E-state index >= 15 is 0 Å². The quantitative estimate of drug-likeness (QED) is 0.497. The van der Waals surface area contributed by atoms with E-state index in [0.717, 1.165) is 60.0 Å². The number of nitrogens with zero attached hydrogens (tertiary/aromatic N) is 5. The number of aryl methyl sites for hydroxylation is 2. The highest BCUT2D eigenvalue weighted by atomic mass is 16.5. The van der Waals surface area contributed by atoms with Crippen molar-refractivity contribution in [3.05, 3.63) is 59.6 Å². The van der Waals surface area contributed by atoms with Crippen molar-refractivity contribution < 1.29 is 13.7 Å². The second-order valence-electron chi connectivity index (χ2n) is 8.38. The van der Waals surface area contributed by atoms with Crippen LogP contribution in [0.4, 0.5) is 0 Å². The largest absolute Gasteiger partial charge is 0.467 e. The van der Waals surface area contributed by atoms with Crippen LogP contribution in [-0.4, -0.2) is 50.2 Å². The molecule has 9 heteroatoms. The molecule has 1 aliphatic rings. The first-order valence-corrected chi connectivity index (χ1v) is 10.9. The van der Waals surface area contributed by atoms with Crippen molar-refractivity contribution in [2.24, 2.45) is 0 Å². The van der Waals surface area contributed by atoms with E-state index < -0.39 is 0 Å². The highest BCUT2D eigenvalue weighted by Crippen LogP contribution is 2.34. The Morgan fingerprint density at radius 3 is 2.97 bits per heavy atom.